The van der Waals surface area contributed by atoms with Crippen LogP contribution in [0, 0.1) is 0 Å². The highest BCUT2D eigenvalue weighted by Gasteiger charge is 2.15. The topological polar surface area (TPSA) is 56.8 Å². The minimum atomic E-state index is -0.432. The molecule has 130 valence electrons. The quantitative estimate of drug-likeness (QED) is 0.777. The van der Waals surface area contributed by atoms with Crippen molar-refractivity contribution in [1.29, 1.82) is 0 Å². The maximum atomic E-state index is 11.6. The fourth-order valence-corrected chi connectivity index (χ4v) is 2.52. The predicted molar refractivity (Wildman–Crippen MR) is 95.9 cm³/mol. The molecular weight excluding hydrogens is 342 g/mol. The van der Waals surface area contributed by atoms with Crippen molar-refractivity contribution in [1.82, 2.24) is 5.32 Å². The molecule has 0 saturated heterocycles. The Morgan fingerprint density at radius 3 is 2.76 bits per heavy atom. The van der Waals surface area contributed by atoms with Crippen LogP contribution >= 0.6 is 11.6 Å². The Balaban J connectivity index is 1.39. The van der Waals surface area contributed by atoms with Gasteiger partial charge in [0.25, 0.3) is 0 Å². The average molecular weight is 360 g/mol. The van der Waals surface area contributed by atoms with Gasteiger partial charge in [0.2, 0.25) is 6.79 Å². The SMILES string of the molecule is O=C(NCCC=Cc1cc2c(cc1Cl)OCO2)OCc1ccccc1. The van der Waals surface area contributed by atoms with E-state index in [1.165, 1.54) is 0 Å². The van der Waals surface area contributed by atoms with E-state index in [1.54, 1.807) is 6.07 Å². The van der Waals surface area contributed by atoms with Crippen LogP contribution in [-0.2, 0) is 11.3 Å². The van der Waals surface area contributed by atoms with Crippen LogP contribution in [0.4, 0.5) is 4.79 Å². The molecule has 0 fully saturated rings. The van der Waals surface area contributed by atoms with Gasteiger partial charge < -0.3 is 19.5 Å². The molecule has 0 atom stereocenters. The Labute approximate surface area is 151 Å². The molecule has 0 unspecified atom stereocenters. The molecule has 1 N–H and O–H groups in total. The summed E-state index contributed by atoms with van der Waals surface area (Å²) in [5.41, 5.74) is 1.80. The highest BCUT2D eigenvalue weighted by Crippen LogP contribution is 2.37. The van der Waals surface area contributed by atoms with Gasteiger partial charge in [-0.3, -0.25) is 0 Å². The van der Waals surface area contributed by atoms with Gasteiger partial charge in [-0.2, -0.15) is 0 Å². The molecular formula is C19H18ClNO4. The third kappa shape index (κ3) is 4.90. The van der Waals surface area contributed by atoms with Crippen LogP contribution in [0.2, 0.25) is 5.02 Å². The second-order valence-corrected chi connectivity index (χ2v) is 5.81. The summed E-state index contributed by atoms with van der Waals surface area (Å²) >= 11 is 6.19. The average Bonchev–Trinajstić information content (AvgIpc) is 3.07. The van der Waals surface area contributed by atoms with Crippen molar-refractivity contribution in [2.24, 2.45) is 0 Å². The minimum absolute atomic E-state index is 0.216. The number of rotatable bonds is 6. The number of fused-ring (bicyclic) bond motifs is 1. The number of amides is 1. The fourth-order valence-electron chi connectivity index (χ4n) is 2.30. The summed E-state index contributed by atoms with van der Waals surface area (Å²) in [7, 11) is 0. The standard InChI is InChI=1S/C19H18ClNO4/c20-16-11-18-17(24-13-25-18)10-15(16)8-4-5-9-21-19(22)23-12-14-6-2-1-3-7-14/h1-4,6-8,10-11H,5,9,12-13H2,(H,21,22). The molecule has 6 heteroatoms. The second kappa shape index (κ2) is 8.44. The van der Waals surface area contributed by atoms with Crippen molar-refractivity contribution < 1.29 is 19.0 Å². The van der Waals surface area contributed by atoms with E-state index in [9.17, 15) is 4.79 Å². The third-order valence-corrected chi connectivity index (χ3v) is 3.91. The van der Waals surface area contributed by atoms with Gasteiger partial charge in [0, 0.05) is 12.6 Å². The summed E-state index contributed by atoms with van der Waals surface area (Å²) in [6.45, 7) is 0.954. The Kier molecular flexibility index (Phi) is 5.80. The van der Waals surface area contributed by atoms with Crippen LogP contribution in [-0.4, -0.2) is 19.4 Å². The fraction of sp³-hybridized carbons (Fsp3) is 0.211. The summed E-state index contributed by atoms with van der Waals surface area (Å²) in [4.78, 5) is 11.6. The molecule has 2 aromatic rings. The van der Waals surface area contributed by atoms with Crippen LogP contribution in [0.1, 0.15) is 17.5 Å². The molecule has 5 nitrogen and oxygen atoms in total. The molecule has 2 aromatic carbocycles. The van der Waals surface area contributed by atoms with Gasteiger partial charge in [0.1, 0.15) is 6.61 Å². The molecule has 0 bridgehead atoms. The highest BCUT2D eigenvalue weighted by atomic mass is 35.5. The number of nitrogens with one attached hydrogen (secondary N) is 1. The summed E-state index contributed by atoms with van der Waals surface area (Å²) < 4.78 is 15.7. The molecule has 0 radical (unpaired) electrons. The molecule has 0 saturated carbocycles. The van der Waals surface area contributed by atoms with Crippen LogP contribution in [0.5, 0.6) is 11.5 Å². The van der Waals surface area contributed by atoms with Crippen LogP contribution < -0.4 is 14.8 Å². The van der Waals surface area contributed by atoms with Crippen LogP contribution in [0.25, 0.3) is 6.08 Å². The van der Waals surface area contributed by atoms with Crippen molar-refractivity contribution in [3.8, 4) is 11.5 Å². The van der Waals surface area contributed by atoms with Gasteiger partial charge in [0.15, 0.2) is 11.5 Å². The number of ether oxygens (including phenoxy) is 3. The van der Waals surface area contributed by atoms with Gasteiger partial charge in [0.05, 0.1) is 5.02 Å². The number of alkyl carbamates (subject to hydrolysis) is 1. The summed E-state index contributed by atoms with van der Waals surface area (Å²) in [5.74, 6) is 1.34. The Morgan fingerprint density at radius 1 is 1.20 bits per heavy atom. The van der Waals surface area contributed by atoms with E-state index in [0.717, 1.165) is 11.1 Å². The summed E-state index contributed by atoms with van der Waals surface area (Å²) in [6.07, 6.45) is 4.05. The zero-order valence-corrected chi connectivity index (χ0v) is 14.3. The normalized spacial score (nSPS) is 12.4. The summed E-state index contributed by atoms with van der Waals surface area (Å²) in [5, 5.41) is 3.30. The smallest absolute Gasteiger partial charge is 0.407 e. The summed E-state index contributed by atoms with van der Waals surface area (Å²) in [6, 6.07) is 13.1. The van der Waals surface area contributed by atoms with Gasteiger partial charge in [-0.05, 0) is 23.6 Å². The lowest BCUT2D eigenvalue weighted by Gasteiger charge is -2.06. The second-order valence-electron chi connectivity index (χ2n) is 5.41. The van der Waals surface area contributed by atoms with E-state index in [-0.39, 0.29) is 13.4 Å². The Morgan fingerprint density at radius 2 is 1.96 bits per heavy atom. The number of hydrogen-bond acceptors (Lipinski definition) is 4. The molecule has 0 aromatic heterocycles. The monoisotopic (exact) mass is 359 g/mol. The van der Waals surface area contributed by atoms with Crippen molar-refractivity contribution in [3.63, 3.8) is 0 Å². The number of carbonyl (C=O) groups is 1. The molecule has 0 aliphatic carbocycles. The van der Waals surface area contributed by atoms with E-state index in [2.05, 4.69) is 5.32 Å². The van der Waals surface area contributed by atoms with E-state index >= 15 is 0 Å². The maximum absolute atomic E-state index is 11.6. The molecule has 3 rings (SSSR count). The molecule has 25 heavy (non-hydrogen) atoms. The van der Waals surface area contributed by atoms with Gasteiger partial charge in [-0.25, -0.2) is 4.79 Å². The molecule has 1 aliphatic rings. The van der Waals surface area contributed by atoms with Crippen molar-refractivity contribution in [2.45, 2.75) is 13.0 Å². The molecule has 1 heterocycles. The highest BCUT2D eigenvalue weighted by molar-refractivity contribution is 6.32. The lowest BCUT2D eigenvalue weighted by Crippen LogP contribution is -2.24. The van der Waals surface area contributed by atoms with Crippen LogP contribution in [0.3, 0.4) is 0 Å². The van der Waals surface area contributed by atoms with E-state index < -0.39 is 6.09 Å². The number of carbonyl (C=O) groups excluding carboxylic acids is 1. The number of halogens is 1. The van der Waals surface area contributed by atoms with Gasteiger partial charge in [-0.1, -0.05) is 54.1 Å². The van der Waals surface area contributed by atoms with E-state index in [4.69, 9.17) is 25.8 Å². The van der Waals surface area contributed by atoms with E-state index in [0.29, 0.717) is 29.5 Å². The first kappa shape index (κ1) is 17.2. The molecule has 1 amide bonds. The van der Waals surface area contributed by atoms with Crippen LogP contribution in [0.15, 0.2) is 48.5 Å². The zero-order chi connectivity index (χ0) is 17.5. The lowest BCUT2D eigenvalue weighted by atomic mass is 10.1. The van der Waals surface area contributed by atoms with Crippen molar-refractivity contribution in [3.05, 3.63) is 64.7 Å². The third-order valence-electron chi connectivity index (χ3n) is 3.58. The maximum Gasteiger partial charge on any atom is 0.407 e. The van der Waals surface area contributed by atoms with E-state index in [1.807, 2.05) is 48.6 Å². The van der Waals surface area contributed by atoms with Crippen molar-refractivity contribution in [2.75, 3.05) is 13.3 Å². The predicted octanol–water partition coefficient (Wildman–Crippen LogP) is 4.40. The lowest BCUT2D eigenvalue weighted by molar-refractivity contribution is 0.140. The first-order chi connectivity index (χ1) is 12.2. The van der Waals surface area contributed by atoms with Crippen molar-refractivity contribution >= 4 is 23.8 Å². The first-order valence-electron chi connectivity index (χ1n) is 7.92. The Bertz CT molecular complexity index is 762. The minimum Gasteiger partial charge on any atom is -0.454 e. The first-order valence-corrected chi connectivity index (χ1v) is 8.30. The number of benzene rings is 2. The zero-order valence-electron chi connectivity index (χ0n) is 13.5. The molecule has 1 aliphatic heterocycles. The molecule has 0 spiro atoms. The van der Waals surface area contributed by atoms with Gasteiger partial charge in [-0.15, -0.1) is 0 Å². The largest absolute Gasteiger partial charge is 0.454 e. The Hall–Kier alpha value is -2.66. The number of hydrogen-bond donors (Lipinski definition) is 1. The van der Waals surface area contributed by atoms with Gasteiger partial charge >= 0.3 is 6.09 Å².